The molecule has 74 valence electrons. The number of aryl methyl sites for hydroxylation is 1. The zero-order valence-corrected chi connectivity index (χ0v) is 8.92. The molecule has 0 unspecified atom stereocenters. The van der Waals surface area contributed by atoms with Crippen LogP contribution in [0.15, 0.2) is 4.52 Å². The standard InChI is InChI=1S/C10H18N2O/c1-5-6-7-8-11-9(12-13-8)10(2,3)4/h5-7H2,1-4H3. The van der Waals surface area contributed by atoms with Gasteiger partial charge in [0.05, 0.1) is 0 Å². The Morgan fingerprint density at radius 3 is 2.46 bits per heavy atom. The highest BCUT2D eigenvalue weighted by Gasteiger charge is 2.20. The van der Waals surface area contributed by atoms with Crippen molar-refractivity contribution in [3.8, 4) is 0 Å². The molecular weight excluding hydrogens is 164 g/mol. The van der Waals surface area contributed by atoms with Crippen LogP contribution in [0.2, 0.25) is 0 Å². The number of hydrogen-bond donors (Lipinski definition) is 0. The predicted molar refractivity (Wildman–Crippen MR) is 51.6 cm³/mol. The number of hydrogen-bond acceptors (Lipinski definition) is 3. The molecule has 0 aromatic carbocycles. The van der Waals surface area contributed by atoms with Gasteiger partial charge in [0.25, 0.3) is 0 Å². The zero-order chi connectivity index (χ0) is 9.90. The summed E-state index contributed by atoms with van der Waals surface area (Å²) in [5.74, 6) is 1.57. The molecule has 0 saturated carbocycles. The molecule has 1 aromatic heterocycles. The molecule has 3 heteroatoms. The normalized spacial score (nSPS) is 12.0. The van der Waals surface area contributed by atoms with Crippen molar-refractivity contribution in [3.63, 3.8) is 0 Å². The molecule has 0 spiro atoms. The molecule has 3 nitrogen and oxygen atoms in total. The van der Waals surface area contributed by atoms with Crippen LogP contribution in [0.3, 0.4) is 0 Å². The van der Waals surface area contributed by atoms with Crippen LogP contribution in [0.5, 0.6) is 0 Å². The van der Waals surface area contributed by atoms with Crippen molar-refractivity contribution in [2.75, 3.05) is 0 Å². The van der Waals surface area contributed by atoms with Crippen molar-refractivity contribution in [2.45, 2.75) is 52.4 Å². The SMILES string of the molecule is CCCCc1nc(C(C)(C)C)no1. The number of nitrogens with zero attached hydrogens (tertiary/aromatic N) is 2. The summed E-state index contributed by atoms with van der Waals surface area (Å²) in [5, 5.41) is 3.95. The first-order chi connectivity index (χ1) is 6.04. The van der Waals surface area contributed by atoms with Gasteiger partial charge in [-0.2, -0.15) is 4.98 Å². The van der Waals surface area contributed by atoms with E-state index < -0.39 is 0 Å². The summed E-state index contributed by atoms with van der Waals surface area (Å²) in [5.41, 5.74) is -0.00599. The Balaban J connectivity index is 2.64. The van der Waals surface area contributed by atoms with Crippen LogP contribution in [-0.4, -0.2) is 10.1 Å². The zero-order valence-electron chi connectivity index (χ0n) is 8.92. The predicted octanol–water partition coefficient (Wildman–Crippen LogP) is 2.71. The second-order valence-corrected chi connectivity index (χ2v) is 4.37. The minimum atomic E-state index is -0.00599. The molecule has 1 aromatic rings. The summed E-state index contributed by atoms with van der Waals surface area (Å²) in [4.78, 5) is 4.34. The second kappa shape index (κ2) is 3.90. The molecule has 0 aliphatic carbocycles. The highest BCUT2D eigenvalue weighted by molar-refractivity contribution is 4.99. The van der Waals surface area contributed by atoms with Gasteiger partial charge in [0.1, 0.15) is 0 Å². The van der Waals surface area contributed by atoms with Crippen LogP contribution in [0.1, 0.15) is 52.3 Å². The summed E-state index contributed by atoms with van der Waals surface area (Å²) in [7, 11) is 0. The van der Waals surface area contributed by atoms with Crippen molar-refractivity contribution >= 4 is 0 Å². The lowest BCUT2D eigenvalue weighted by Gasteiger charge is -2.10. The van der Waals surface area contributed by atoms with Crippen LogP contribution in [0.25, 0.3) is 0 Å². The maximum Gasteiger partial charge on any atom is 0.226 e. The first kappa shape index (κ1) is 10.2. The molecule has 0 fully saturated rings. The lowest BCUT2D eigenvalue weighted by atomic mass is 9.96. The van der Waals surface area contributed by atoms with Crippen LogP contribution in [0.4, 0.5) is 0 Å². The van der Waals surface area contributed by atoms with Crippen LogP contribution in [-0.2, 0) is 11.8 Å². The fraction of sp³-hybridized carbons (Fsp3) is 0.800. The summed E-state index contributed by atoms with van der Waals surface area (Å²) in [6.07, 6.45) is 3.18. The molecule has 0 atom stereocenters. The third-order valence-corrected chi connectivity index (χ3v) is 1.88. The Hall–Kier alpha value is -0.860. The van der Waals surface area contributed by atoms with Crippen molar-refractivity contribution < 1.29 is 4.52 Å². The molecule has 0 amide bonds. The van der Waals surface area contributed by atoms with Gasteiger partial charge in [0.15, 0.2) is 5.82 Å². The fourth-order valence-electron chi connectivity index (χ4n) is 0.989. The van der Waals surface area contributed by atoms with Gasteiger partial charge in [0.2, 0.25) is 5.89 Å². The third-order valence-electron chi connectivity index (χ3n) is 1.88. The van der Waals surface area contributed by atoms with Gasteiger partial charge in [-0.1, -0.05) is 39.3 Å². The van der Waals surface area contributed by atoms with E-state index in [1.54, 1.807) is 0 Å². The first-order valence-electron chi connectivity index (χ1n) is 4.87. The molecule has 0 aliphatic heterocycles. The summed E-state index contributed by atoms with van der Waals surface area (Å²) in [6.45, 7) is 8.41. The van der Waals surface area contributed by atoms with E-state index in [4.69, 9.17) is 4.52 Å². The van der Waals surface area contributed by atoms with Gasteiger partial charge in [-0.05, 0) is 6.42 Å². The monoisotopic (exact) mass is 182 g/mol. The molecule has 13 heavy (non-hydrogen) atoms. The number of rotatable bonds is 3. The minimum Gasteiger partial charge on any atom is -0.339 e. The quantitative estimate of drug-likeness (QED) is 0.721. The highest BCUT2D eigenvalue weighted by atomic mass is 16.5. The van der Waals surface area contributed by atoms with Gasteiger partial charge in [-0.15, -0.1) is 0 Å². The Bertz CT molecular complexity index is 260. The van der Waals surface area contributed by atoms with Gasteiger partial charge in [-0.3, -0.25) is 0 Å². The van der Waals surface area contributed by atoms with Gasteiger partial charge < -0.3 is 4.52 Å². The lowest BCUT2D eigenvalue weighted by molar-refractivity contribution is 0.360. The van der Waals surface area contributed by atoms with Gasteiger partial charge in [0, 0.05) is 11.8 Å². The molecule has 0 N–H and O–H groups in total. The Labute approximate surface area is 79.5 Å². The van der Waals surface area contributed by atoms with Crippen molar-refractivity contribution in [2.24, 2.45) is 0 Å². The van der Waals surface area contributed by atoms with Crippen molar-refractivity contribution in [1.82, 2.24) is 10.1 Å². The molecule has 0 saturated heterocycles. The van der Waals surface area contributed by atoms with E-state index in [-0.39, 0.29) is 5.41 Å². The van der Waals surface area contributed by atoms with E-state index in [0.29, 0.717) is 0 Å². The molecule has 1 rings (SSSR count). The van der Waals surface area contributed by atoms with Crippen molar-refractivity contribution in [3.05, 3.63) is 11.7 Å². The summed E-state index contributed by atoms with van der Waals surface area (Å²) < 4.78 is 5.13. The van der Waals surface area contributed by atoms with Crippen molar-refractivity contribution in [1.29, 1.82) is 0 Å². The molecule has 1 heterocycles. The Morgan fingerprint density at radius 2 is 2.00 bits per heavy atom. The summed E-state index contributed by atoms with van der Waals surface area (Å²) >= 11 is 0. The molecular formula is C10H18N2O. The van der Waals surface area contributed by atoms with Gasteiger partial charge >= 0.3 is 0 Å². The van der Waals surface area contributed by atoms with E-state index >= 15 is 0 Å². The van der Waals surface area contributed by atoms with Crippen LogP contribution < -0.4 is 0 Å². The lowest BCUT2D eigenvalue weighted by Crippen LogP contribution is -2.13. The van der Waals surface area contributed by atoms with E-state index in [9.17, 15) is 0 Å². The Kier molecular flexibility index (Phi) is 3.07. The fourth-order valence-corrected chi connectivity index (χ4v) is 0.989. The largest absolute Gasteiger partial charge is 0.339 e. The molecule has 0 aliphatic rings. The summed E-state index contributed by atoms with van der Waals surface area (Å²) in [6, 6.07) is 0. The molecule has 0 radical (unpaired) electrons. The third kappa shape index (κ3) is 2.83. The number of aromatic nitrogens is 2. The first-order valence-corrected chi connectivity index (χ1v) is 4.87. The maximum absolute atomic E-state index is 5.13. The topological polar surface area (TPSA) is 38.9 Å². The van der Waals surface area contributed by atoms with E-state index in [2.05, 4.69) is 37.8 Å². The average Bonchev–Trinajstić information content (AvgIpc) is 2.47. The second-order valence-electron chi connectivity index (χ2n) is 4.37. The maximum atomic E-state index is 5.13. The van der Waals surface area contributed by atoms with Gasteiger partial charge in [-0.25, -0.2) is 0 Å². The highest BCUT2D eigenvalue weighted by Crippen LogP contribution is 2.18. The molecule has 0 bridgehead atoms. The number of unbranched alkanes of at least 4 members (excludes halogenated alkanes) is 1. The van der Waals surface area contributed by atoms with E-state index in [0.717, 1.165) is 31.0 Å². The van der Waals surface area contributed by atoms with Crippen LogP contribution >= 0.6 is 0 Å². The smallest absolute Gasteiger partial charge is 0.226 e. The Morgan fingerprint density at radius 1 is 1.31 bits per heavy atom. The van der Waals surface area contributed by atoms with E-state index in [1.807, 2.05) is 0 Å². The van der Waals surface area contributed by atoms with Crippen LogP contribution in [0, 0.1) is 0 Å². The minimum absolute atomic E-state index is 0.00599. The average molecular weight is 182 g/mol. The van der Waals surface area contributed by atoms with E-state index in [1.165, 1.54) is 0 Å².